The van der Waals surface area contributed by atoms with Gasteiger partial charge in [-0.15, -0.1) is 0 Å². The fourth-order valence-electron chi connectivity index (χ4n) is 2.34. The maximum absolute atomic E-state index is 4.64. The van der Waals surface area contributed by atoms with Gasteiger partial charge in [-0.2, -0.15) is 16.9 Å². The Morgan fingerprint density at radius 3 is 3.18 bits per heavy atom. The molecule has 1 saturated heterocycles. The van der Waals surface area contributed by atoms with Gasteiger partial charge in [-0.25, -0.2) is 9.50 Å². The van der Waals surface area contributed by atoms with Gasteiger partial charge in [-0.1, -0.05) is 12.5 Å². The van der Waals surface area contributed by atoms with Crippen LogP contribution in [-0.2, 0) is 6.42 Å². The molecule has 3 nitrogen and oxygen atoms in total. The predicted octanol–water partition coefficient (Wildman–Crippen LogP) is 2.87. The largest absolute Gasteiger partial charge is 0.221 e. The van der Waals surface area contributed by atoms with Crippen molar-refractivity contribution in [3.63, 3.8) is 0 Å². The summed E-state index contributed by atoms with van der Waals surface area (Å²) in [5, 5.41) is 5.28. The first-order valence-corrected chi connectivity index (χ1v) is 7.30. The van der Waals surface area contributed by atoms with Gasteiger partial charge in [0.15, 0.2) is 11.5 Å². The summed E-state index contributed by atoms with van der Waals surface area (Å²) >= 11 is 2.08. The number of hydrogen-bond acceptors (Lipinski definition) is 3. The highest BCUT2D eigenvalue weighted by atomic mass is 32.2. The van der Waals surface area contributed by atoms with Crippen molar-refractivity contribution in [2.24, 2.45) is 0 Å². The van der Waals surface area contributed by atoms with Gasteiger partial charge >= 0.3 is 0 Å². The van der Waals surface area contributed by atoms with Crippen molar-refractivity contribution in [3.8, 4) is 0 Å². The van der Waals surface area contributed by atoms with Crippen LogP contribution in [0.15, 0.2) is 18.3 Å². The van der Waals surface area contributed by atoms with E-state index in [-0.39, 0.29) is 0 Å². The normalized spacial score (nSPS) is 20.9. The van der Waals surface area contributed by atoms with Gasteiger partial charge in [0.05, 0.1) is 0 Å². The van der Waals surface area contributed by atoms with E-state index in [2.05, 4.69) is 34.8 Å². The van der Waals surface area contributed by atoms with Crippen molar-refractivity contribution in [2.45, 2.75) is 37.9 Å². The molecule has 3 rings (SSSR count). The van der Waals surface area contributed by atoms with Gasteiger partial charge in [0, 0.05) is 17.9 Å². The number of thioether (sulfide) groups is 1. The van der Waals surface area contributed by atoms with Gasteiger partial charge < -0.3 is 0 Å². The smallest absolute Gasteiger partial charge is 0.158 e. The number of aromatic nitrogens is 3. The van der Waals surface area contributed by atoms with Gasteiger partial charge in [0.1, 0.15) is 0 Å². The Labute approximate surface area is 106 Å². The molecule has 1 aliphatic rings. The van der Waals surface area contributed by atoms with E-state index >= 15 is 0 Å². The second-order valence-electron chi connectivity index (χ2n) is 4.68. The number of rotatable bonds is 2. The highest BCUT2D eigenvalue weighted by molar-refractivity contribution is 7.99. The summed E-state index contributed by atoms with van der Waals surface area (Å²) in [6.45, 7) is 2.09. The Morgan fingerprint density at radius 2 is 2.41 bits per heavy atom. The van der Waals surface area contributed by atoms with Gasteiger partial charge in [-0.05, 0) is 37.1 Å². The molecule has 0 amide bonds. The van der Waals surface area contributed by atoms with Crippen LogP contribution >= 0.6 is 11.8 Å². The van der Waals surface area contributed by atoms with Crippen molar-refractivity contribution in [2.75, 3.05) is 5.75 Å². The minimum absolute atomic E-state index is 0.724. The van der Waals surface area contributed by atoms with E-state index in [0.717, 1.165) is 23.1 Å². The Kier molecular flexibility index (Phi) is 3.05. The number of nitrogens with zero attached hydrogens (tertiary/aromatic N) is 3. The summed E-state index contributed by atoms with van der Waals surface area (Å²) in [6, 6.07) is 4.11. The molecule has 0 radical (unpaired) electrons. The van der Waals surface area contributed by atoms with Crippen LogP contribution in [0.2, 0.25) is 0 Å². The molecule has 1 aliphatic heterocycles. The summed E-state index contributed by atoms with van der Waals surface area (Å²) in [6.07, 6.45) is 7.06. The zero-order chi connectivity index (χ0) is 11.7. The lowest BCUT2D eigenvalue weighted by Crippen LogP contribution is -2.13. The van der Waals surface area contributed by atoms with E-state index in [9.17, 15) is 0 Å². The molecule has 0 bridgehead atoms. The number of fused-ring (bicyclic) bond motifs is 1. The third-order valence-electron chi connectivity index (χ3n) is 3.29. The average molecular weight is 247 g/mol. The van der Waals surface area contributed by atoms with Gasteiger partial charge in [0.2, 0.25) is 0 Å². The third-order valence-corrected chi connectivity index (χ3v) is 4.68. The first-order chi connectivity index (χ1) is 8.33. The molecule has 0 aromatic carbocycles. The van der Waals surface area contributed by atoms with Crippen molar-refractivity contribution in [1.82, 2.24) is 14.6 Å². The molecular weight excluding hydrogens is 230 g/mol. The molecule has 2 aromatic rings. The lowest BCUT2D eigenvalue weighted by molar-refractivity contribution is 0.647. The topological polar surface area (TPSA) is 30.2 Å². The fourth-order valence-corrected chi connectivity index (χ4v) is 3.65. The van der Waals surface area contributed by atoms with Crippen molar-refractivity contribution < 1.29 is 0 Å². The van der Waals surface area contributed by atoms with Crippen LogP contribution in [0.1, 0.15) is 30.7 Å². The minimum atomic E-state index is 0.724. The van der Waals surface area contributed by atoms with Crippen LogP contribution in [0.25, 0.3) is 5.65 Å². The zero-order valence-corrected chi connectivity index (χ0v) is 10.9. The molecule has 0 spiro atoms. The Bertz CT molecular complexity index is 514. The summed E-state index contributed by atoms with van der Waals surface area (Å²) in [5.74, 6) is 2.30. The number of aryl methyl sites for hydroxylation is 1. The van der Waals surface area contributed by atoms with Crippen molar-refractivity contribution >= 4 is 17.4 Å². The second kappa shape index (κ2) is 4.69. The molecule has 1 unspecified atom stereocenters. The quantitative estimate of drug-likeness (QED) is 0.817. The molecule has 2 aromatic heterocycles. The van der Waals surface area contributed by atoms with Crippen LogP contribution in [-0.4, -0.2) is 25.6 Å². The van der Waals surface area contributed by atoms with Crippen molar-refractivity contribution in [3.05, 3.63) is 29.7 Å². The lowest BCUT2D eigenvalue weighted by Gasteiger charge is -2.19. The Balaban J connectivity index is 1.83. The van der Waals surface area contributed by atoms with Crippen LogP contribution in [0.5, 0.6) is 0 Å². The summed E-state index contributed by atoms with van der Waals surface area (Å²) in [4.78, 5) is 4.64. The van der Waals surface area contributed by atoms with E-state index in [4.69, 9.17) is 0 Å². The maximum Gasteiger partial charge on any atom is 0.158 e. The van der Waals surface area contributed by atoms with E-state index in [1.165, 1.54) is 30.6 Å². The van der Waals surface area contributed by atoms with E-state index < -0.39 is 0 Å². The molecule has 17 heavy (non-hydrogen) atoms. The highest BCUT2D eigenvalue weighted by Crippen LogP contribution is 2.27. The molecule has 0 saturated carbocycles. The molecule has 1 fully saturated rings. The van der Waals surface area contributed by atoms with E-state index in [0.29, 0.717) is 0 Å². The van der Waals surface area contributed by atoms with Gasteiger partial charge in [-0.3, -0.25) is 0 Å². The predicted molar refractivity (Wildman–Crippen MR) is 71.5 cm³/mol. The molecular formula is C13H17N3S. The van der Waals surface area contributed by atoms with Crippen LogP contribution in [0.4, 0.5) is 0 Å². The average Bonchev–Trinajstić information content (AvgIpc) is 2.74. The minimum Gasteiger partial charge on any atom is -0.221 e. The Morgan fingerprint density at radius 1 is 1.47 bits per heavy atom. The lowest BCUT2D eigenvalue weighted by atomic mass is 10.1. The summed E-state index contributed by atoms with van der Waals surface area (Å²) in [7, 11) is 0. The molecule has 3 heterocycles. The number of hydrogen-bond donors (Lipinski definition) is 0. The molecule has 0 aliphatic carbocycles. The first-order valence-electron chi connectivity index (χ1n) is 6.25. The van der Waals surface area contributed by atoms with Crippen LogP contribution in [0, 0.1) is 6.92 Å². The van der Waals surface area contributed by atoms with Crippen LogP contribution < -0.4 is 0 Å². The first kappa shape index (κ1) is 11.1. The summed E-state index contributed by atoms with van der Waals surface area (Å²) in [5.41, 5.74) is 2.20. The third kappa shape index (κ3) is 2.32. The second-order valence-corrected chi connectivity index (χ2v) is 6.09. The van der Waals surface area contributed by atoms with Crippen LogP contribution in [0.3, 0.4) is 0 Å². The van der Waals surface area contributed by atoms with E-state index in [1.807, 2.05) is 16.8 Å². The highest BCUT2D eigenvalue weighted by Gasteiger charge is 2.17. The zero-order valence-electron chi connectivity index (χ0n) is 10.1. The Hall–Kier alpha value is -1.03. The van der Waals surface area contributed by atoms with E-state index in [1.54, 1.807) is 0 Å². The number of pyridine rings is 1. The summed E-state index contributed by atoms with van der Waals surface area (Å²) < 4.78 is 1.90. The standard InChI is InChI=1S/C13H17N3S/c1-10-5-4-7-16-13(10)14-12(15-16)9-11-6-2-3-8-17-11/h4-5,7,11H,2-3,6,8-9H2,1H3. The molecule has 0 N–H and O–H groups in total. The molecule has 1 atom stereocenters. The SMILES string of the molecule is Cc1cccn2nc(CC3CCCCS3)nc12. The maximum atomic E-state index is 4.64. The fraction of sp³-hybridized carbons (Fsp3) is 0.538. The molecule has 4 heteroatoms. The molecule has 90 valence electrons. The van der Waals surface area contributed by atoms with Gasteiger partial charge in [0.25, 0.3) is 0 Å². The monoisotopic (exact) mass is 247 g/mol. The van der Waals surface area contributed by atoms with Crippen molar-refractivity contribution in [1.29, 1.82) is 0 Å².